The van der Waals surface area contributed by atoms with E-state index in [4.69, 9.17) is 4.42 Å². The highest BCUT2D eigenvalue weighted by atomic mass is 16.3. The van der Waals surface area contributed by atoms with Gasteiger partial charge in [-0.2, -0.15) is 0 Å². The highest BCUT2D eigenvalue weighted by Gasteiger charge is 2.11. The molecule has 0 aliphatic rings. The summed E-state index contributed by atoms with van der Waals surface area (Å²) < 4.78 is 5.54. The molecule has 3 heteroatoms. The van der Waals surface area contributed by atoms with E-state index in [9.17, 15) is 0 Å². The van der Waals surface area contributed by atoms with Gasteiger partial charge in [-0.1, -0.05) is 13.8 Å². The van der Waals surface area contributed by atoms with Crippen molar-refractivity contribution < 1.29 is 4.42 Å². The van der Waals surface area contributed by atoms with Gasteiger partial charge in [0.15, 0.2) is 0 Å². The van der Waals surface area contributed by atoms with Crippen LogP contribution in [0.25, 0.3) is 0 Å². The molecule has 1 aromatic rings. The van der Waals surface area contributed by atoms with Gasteiger partial charge in [0.05, 0.1) is 12.8 Å². The summed E-state index contributed by atoms with van der Waals surface area (Å²) in [5, 5.41) is 3.38. The molecule has 0 amide bonds. The average molecular weight is 238 g/mol. The molecule has 0 radical (unpaired) electrons. The third-order valence-electron chi connectivity index (χ3n) is 3.31. The Balaban J connectivity index is 2.50. The van der Waals surface area contributed by atoms with Crippen molar-refractivity contribution in [3.8, 4) is 0 Å². The zero-order chi connectivity index (χ0) is 12.7. The highest BCUT2D eigenvalue weighted by molar-refractivity contribution is 5.16. The minimum atomic E-state index is 0.612. The van der Waals surface area contributed by atoms with Gasteiger partial charge >= 0.3 is 0 Å². The predicted octanol–water partition coefficient (Wildman–Crippen LogP) is 3.01. The molecule has 3 nitrogen and oxygen atoms in total. The summed E-state index contributed by atoms with van der Waals surface area (Å²) in [4.78, 5) is 2.37. The van der Waals surface area contributed by atoms with E-state index in [2.05, 4.69) is 44.1 Å². The van der Waals surface area contributed by atoms with E-state index in [0.717, 1.165) is 31.8 Å². The van der Waals surface area contributed by atoms with Crippen molar-refractivity contribution in [3.05, 3.63) is 23.7 Å². The van der Waals surface area contributed by atoms with Gasteiger partial charge in [0.2, 0.25) is 0 Å². The Morgan fingerprint density at radius 2 is 2.18 bits per heavy atom. The number of rotatable bonds is 8. The predicted molar refractivity (Wildman–Crippen MR) is 71.9 cm³/mol. The van der Waals surface area contributed by atoms with E-state index in [1.807, 2.05) is 0 Å². The van der Waals surface area contributed by atoms with E-state index in [1.165, 1.54) is 12.0 Å². The fourth-order valence-corrected chi connectivity index (χ4v) is 1.78. The molecular formula is C14H26N2O. The summed E-state index contributed by atoms with van der Waals surface area (Å²) >= 11 is 0. The average Bonchev–Trinajstić information content (AvgIpc) is 2.76. The minimum Gasteiger partial charge on any atom is -0.468 e. The van der Waals surface area contributed by atoms with E-state index < -0.39 is 0 Å². The molecule has 0 saturated carbocycles. The quantitative estimate of drug-likeness (QED) is 0.706. The summed E-state index contributed by atoms with van der Waals surface area (Å²) in [6.07, 6.45) is 4.13. The molecule has 0 fully saturated rings. The van der Waals surface area contributed by atoms with Crippen LogP contribution in [0.4, 0.5) is 0 Å². The van der Waals surface area contributed by atoms with Crippen molar-refractivity contribution in [2.75, 3.05) is 13.6 Å². The van der Waals surface area contributed by atoms with Gasteiger partial charge in [-0.25, -0.2) is 0 Å². The lowest BCUT2D eigenvalue weighted by Gasteiger charge is -2.23. The van der Waals surface area contributed by atoms with Crippen LogP contribution in [0.2, 0.25) is 0 Å². The largest absolute Gasteiger partial charge is 0.468 e. The Hall–Kier alpha value is -0.800. The molecule has 1 N–H and O–H groups in total. The Bertz CT molecular complexity index is 309. The lowest BCUT2D eigenvalue weighted by atomic mass is 10.2. The first-order chi connectivity index (χ1) is 8.19. The summed E-state index contributed by atoms with van der Waals surface area (Å²) in [5.74, 6) is 1.08. The lowest BCUT2D eigenvalue weighted by Crippen LogP contribution is -2.28. The van der Waals surface area contributed by atoms with Crippen LogP contribution in [0, 0.1) is 0 Å². The van der Waals surface area contributed by atoms with Crippen LogP contribution >= 0.6 is 0 Å². The Labute approximate surface area is 105 Å². The van der Waals surface area contributed by atoms with E-state index in [-0.39, 0.29) is 0 Å². The molecule has 1 heterocycles. The Morgan fingerprint density at radius 1 is 1.41 bits per heavy atom. The fourth-order valence-electron chi connectivity index (χ4n) is 1.78. The maximum Gasteiger partial charge on any atom is 0.122 e. The second-order valence-electron chi connectivity index (χ2n) is 4.72. The number of nitrogens with zero attached hydrogens (tertiary/aromatic N) is 1. The number of hydrogen-bond donors (Lipinski definition) is 1. The molecule has 1 rings (SSSR count). The van der Waals surface area contributed by atoms with Crippen LogP contribution in [-0.2, 0) is 13.1 Å². The third kappa shape index (κ3) is 4.52. The minimum absolute atomic E-state index is 0.612. The van der Waals surface area contributed by atoms with Crippen molar-refractivity contribution >= 4 is 0 Å². The van der Waals surface area contributed by atoms with Gasteiger partial charge < -0.3 is 9.73 Å². The molecule has 1 atom stereocenters. The van der Waals surface area contributed by atoms with Crippen LogP contribution in [0.3, 0.4) is 0 Å². The zero-order valence-corrected chi connectivity index (χ0v) is 11.6. The van der Waals surface area contributed by atoms with Crippen LogP contribution in [0.5, 0.6) is 0 Å². The van der Waals surface area contributed by atoms with E-state index in [0.29, 0.717) is 6.04 Å². The summed E-state index contributed by atoms with van der Waals surface area (Å²) in [6.45, 7) is 9.50. The molecule has 0 spiro atoms. The molecule has 98 valence electrons. The van der Waals surface area contributed by atoms with E-state index in [1.54, 1.807) is 6.26 Å². The Morgan fingerprint density at radius 3 is 2.82 bits per heavy atom. The molecule has 0 aliphatic carbocycles. The van der Waals surface area contributed by atoms with Crippen molar-refractivity contribution in [2.45, 2.75) is 52.7 Å². The molecule has 0 aromatic carbocycles. The SMILES string of the molecule is CCCNCc1occc1CN(C)C(C)CC. The van der Waals surface area contributed by atoms with Gasteiger partial charge in [-0.05, 0) is 39.4 Å². The molecular weight excluding hydrogens is 212 g/mol. The zero-order valence-electron chi connectivity index (χ0n) is 11.6. The lowest BCUT2D eigenvalue weighted by molar-refractivity contribution is 0.241. The highest BCUT2D eigenvalue weighted by Crippen LogP contribution is 2.14. The van der Waals surface area contributed by atoms with Crippen LogP contribution in [-0.4, -0.2) is 24.5 Å². The molecule has 1 aromatic heterocycles. The van der Waals surface area contributed by atoms with Gasteiger partial charge in [-0.3, -0.25) is 4.90 Å². The smallest absolute Gasteiger partial charge is 0.122 e. The topological polar surface area (TPSA) is 28.4 Å². The summed E-state index contributed by atoms with van der Waals surface area (Å²) in [5.41, 5.74) is 1.30. The van der Waals surface area contributed by atoms with Gasteiger partial charge in [0.1, 0.15) is 5.76 Å². The molecule has 1 unspecified atom stereocenters. The van der Waals surface area contributed by atoms with Crippen molar-refractivity contribution in [2.24, 2.45) is 0 Å². The fraction of sp³-hybridized carbons (Fsp3) is 0.714. The molecule has 0 bridgehead atoms. The first-order valence-electron chi connectivity index (χ1n) is 6.65. The van der Waals surface area contributed by atoms with Gasteiger partial charge in [-0.15, -0.1) is 0 Å². The third-order valence-corrected chi connectivity index (χ3v) is 3.31. The number of furan rings is 1. The number of nitrogens with one attached hydrogen (secondary N) is 1. The van der Waals surface area contributed by atoms with E-state index >= 15 is 0 Å². The maximum atomic E-state index is 5.54. The second-order valence-corrected chi connectivity index (χ2v) is 4.72. The van der Waals surface area contributed by atoms with Crippen molar-refractivity contribution in [3.63, 3.8) is 0 Å². The van der Waals surface area contributed by atoms with Crippen molar-refractivity contribution in [1.82, 2.24) is 10.2 Å². The first-order valence-corrected chi connectivity index (χ1v) is 6.65. The van der Waals surface area contributed by atoms with Crippen LogP contribution in [0.1, 0.15) is 44.9 Å². The maximum absolute atomic E-state index is 5.54. The summed E-state index contributed by atoms with van der Waals surface area (Å²) in [6, 6.07) is 2.70. The van der Waals surface area contributed by atoms with Crippen molar-refractivity contribution in [1.29, 1.82) is 0 Å². The normalized spacial score (nSPS) is 13.2. The monoisotopic (exact) mass is 238 g/mol. The number of hydrogen-bond acceptors (Lipinski definition) is 3. The standard InChI is InChI=1S/C14H26N2O/c1-5-8-15-10-14-13(7-9-17-14)11-16(4)12(3)6-2/h7,9,12,15H,5-6,8,10-11H2,1-4H3. The van der Waals surface area contributed by atoms with Gasteiger partial charge in [0, 0.05) is 18.2 Å². The first kappa shape index (κ1) is 14.3. The van der Waals surface area contributed by atoms with Gasteiger partial charge in [0.25, 0.3) is 0 Å². The molecule has 17 heavy (non-hydrogen) atoms. The van der Waals surface area contributed by atoms with Crippen LogP contribution < -0.4 is 5.32 Å². The Kier molecular flexibility index (Phi) is 6.30. The second kappa shape index (κ2) is 7.51. The molecule has 0 saturated heterocycles. The summed E-state index contributed by atoms with van der Waals surface area (Å²) in [7, 11) is 2.17. The molecule has 0 aliphatic heterocycles. The van der Waals surface area contributed by atoms with Crippen LogP contribution in [0.15, 0.2) is 16.7 Å².